The Morgan fingerprint density at radius 2 is 1.60 bits per heavy atom. The molecule has 0 unspecified atom stereocenters. The number of methoxy groups -OCH3 is 1. The number of aromatic nitrogens is 2. The Balaban J connectivity index is 1.65. The Kier molecular flexibility index (Phi) is 5.99. The molecule has 127 valence electrons. The van der Waals surface area contributed by atoms with Crippen molar-refractivity contribution < 1.29 is 4.74 Å². The molecule has 0 N–H and O–H groups in total. The molecule has 2 heterocycles. The van der Waals surface area contributed by atoms with Crippen molar-refractivity contribution in [2.45, 2.75) is 12.8 Å². The second-order valence-electron chi connectivity index (χ2n) is 5.80. The third-order valence-corrected chi connectivity index (χ3v) is 4.14. The Morgan fingerprint density at radius 1 is 0.920 bits per heavy atom. The summed E-state index contributed by atoms with van der Waals surface area (Å²) in [5.41, 5.74) is 2.56. The molecule has 0 amide bonds. The molecule has 0 aliphatic rings. The van der Waals surface area contributed by atoms with Crippen LogP contribution < -0.4 is 9.64 Å². The number of pyridine rings is 2. The first-order chi connectivity index (χ1) is 12.3. The van der Waals surface area contributed by atoms with E-state index in [1.807, 2.05) is 42.9 Å². The van der Waals surface area contributed by atoms with Crippen LogP contribution >= 0.6 is 0 Å². The molecule has 0 spiro atoms. The summed E-state index contributed by atoms with van der Waals surface area (Å²) < 4.78 is 5.22. The molecule has 0 fully saturated rings. The van der Waals surface area contributed by atoms with Gasteiger partial charge in [0, 0.05) is 37.7 Å². The van der Waals surface area contributed by atoms with E-state index in [1.54, 1.807) is 7.11 Å². The van der Waals surface area contributed by atoms with Crippen LogP contribution in [0.1, 0.15) is 11.1 Å². The second kappa shape index (κ2) is 8.83. The standard InChI is InChI=1S/C21H22N3O/c1-25-20-7-5-18(6-8-20)11-16-24(21-4-2-3-13-23-21)17-12-19-9-14-22-15-10-19/h2-3,5-10,13-15H,11-12,16-17H2,1H3. The summed E-state index contributed by atoms with van der Waals surface area (Å²) in [6, 6.07) is 19.4. The summed E-state index contributed by atoms with van der Waals surface area (Å²) in [6.45, 7) is 1.79. The molecular formula is C21H22N3O. The molecule has 1 radical (unpaired) electrons. The van der Waals surface area contributed by atoms with Gasteiger partial charge in [-0.1, -0.05) is 12.1 Å². The Hall–Kier alpha value is -2.88. The van der Waals surface area contributed by atoms with Gasteiger partial charge in [-0.05, 0) is 60.4 Å². The van der Waals surface area contributed by atoms with Gasteiger partial charge in [0.2, 0.25) is 0 Å². The van der Waals surface area contributed by atoms with Gasteiger partial charge in [-0.25, -0.2) is 4.98 Å². The lowest BCUT2D eigenvalue weighted by Crippen LogP contribution is -2.29. The van der Waals surface area contributed by atoms with Crippen molar-refractivity contribution in [1.29, 1.82) is 0 Å². The highest BCUT2D eigenvalue weighted by Crippen LogP contribution is 2.15. The number of benzene rings is 1. The topological polar surface area (TPSA) is 38.2 Å². The Bertz CT molecular complexity index is 745. The van der Waals surface area contributed by atoms with Crippen molar-refractivity contribution in [2.24, 2.45) is 0 Å². The molecule has 0 saturated heterocycles. The maximum Gasteiger partial charge on any atom is 0.136 e. The third kappa shape index (κ3) is 5.05. The highest BCUT2D eigenvalue weighted by atomic mass is 16.5. The van der Waals surface area contributed by atoms with Crippen LogP contribution in [0.2, 0.25) is 0 Å². The van der Waals surface area contributed by atoms with E-state index in [0.29, 0.717) is 0 Å². The zero-order valence-corrected chi connectivity index (χ0v) is 14.4. The number of anilines is 1. The van der Waals surface area contributed by atoms with Crippen LogP contribution in [0.3, 0.4) is 0 Å². The summed E-state index contributed by atoms with van der Waals surface area (Å²) >= 11 is 0. The normalized spacial score (nSPS) is 10.4. The molecule has 0 bridgehead atoms. The average molecular weight is 332 g/mol. The molecule has 0 aliphatic heterocycles. The first-order valence-electron chi connectivity index (χ1n) is 8.44. The zero-order valence-electron chi connectivity index (χ0n) is 14.4. The van der Waals surface area contributed by atoms with E-state index in [0.717, 1.165) is 37.5 Å². The summed E-state index contributed by atoms with van der Waals surface area (Å²) in [5, 5.41) is 0. The van der Waals surface area contributed by atoms with Crippen LogP contribution in [0.15, 0.2) is 67.1 Å². The highest BCUT2D eigenvalue weighted by Gasteiger charge is 2.08. The predicted molar refractivity (Wildman–Crippen MR) is 99.9 cm³/mol. The highest BCUT2D eigenvalue weighted by molar-refractivity contribution is 5.37. The zero-order chi connectivity index (χ0) is 17.3. The number of rotatable bonds is 8. The fourth-order valence-electron chi connectivity index (χ4n) is 2.68. The molecule has 0 atom stereocenters. The quantitative estimate of drug-likeness (QED) is 0.632. The van der Waals surface area contributed by atoms with Gasteiger partial charge in [0.05, 0.1) is 7.11 Å². The minimum Gasteiger partial charge on any atom is -0.497 e. The summed E-state index contributed by atoms with van der Waals surface area (Å²) in [6.07, 6.45) is 7.40. The Morgan fingerprint density at radius 3 is 2.20 bits per heavy atom. The van der Waals surface area contributed by atoms with Crippen molar-refractivity contribution in [3.05, 3.63) is 84.3 Å². The number of ether oxygens (including phenoxy) is 1. The number of hydrogen-bond donors (Lipinski definition) is 0. The van der Waals surface area contributed by atoms with Gasteiger partial charge in [-0.2, -0.15) is 0 Å². The lowest BCUT2D eigenvalue weighted by Gasteiger charge is -2.23. The van der Waals surface area contributed by atoms with E-state index in [4.69, 9.17) is 4.74 Å². The lowest BCUT2D eigenvalue weighted by atomic mass is 10.1. The second-order valence-corrected chi connectivity index (χ2v) is 5.80. The van der Waals surface area contributed by atoms with E-state index >= 15 is 0 Å². The largest absolute Gasteiger partial charge is 0.497 e. The van der Waals surface area contributed by atoms with Crippen LogP contribution in [0.5, 0.6) is 5.75 Å². The monoisotopic (exact) mass is 332 g/mol. The number of hydrogen-bond acceptors (Lipinski definition) is 4. The molecule has 1 aromatic carbocycles. The van der Waals surface area contributed by atoms with E-state index in [9.17, 15) is 0 Å². The van der Waals surface area contributed by atoms with Crippen LogP contribution in [0, 0.1) is 6.07 Å². The van der Waals surface area contributed by atoms with Gasteiger partial charge in [0.1, 0.15) is 11.6 Å². The summed E-state index contributed by atoms with van der Waals surface area (Å²) in [7, 11) is 1.69. The van der Waals surface area contributed by atoms with Gasteiger partial charge in [-0.15, -0.1) is 0 Å². The SMILES string of the molecule is COc1ccc(CCN(CCc2ccncc2)c2[c]cccn2)cc1. The molecule has 3 aromatic rings. The fraction of sp³-hybridized carbons (Fsp3) is 0.238. The van der Waals surface area contributed by atoms with Gasteiger partial charge in [-0.3, -0.25) is 4.98 Å². The van der Waals surface area contributed by atoms with Crippen molar-refractivity contribution in [3.8, 4) is 5.75 Å². The molecule has 4 heteroatoms. The molecular weight excluding hydrogens is 310 g/mol. The molecule has 25 heavy (non-hydrogen) atoms. The average Bonchev–Trinajstić information content (AvgIpc) is 2.70. The minimum absolute atomic E-state index is 0.886. The molecule has 2 aromatic heterocycles. The first kappa shape index (κ1) is 17.0. The molecule has 0 aliphatic carbocycles. The van der Waals surface area contributed by atoms with Crippen molar-refractivity contribution in [2.75, 3.05) is 25.1 Å². The van der Waals surface area contributed by atoms with Crippen molar-refractivity contribution in [3.63, 3.8) is 0 Å². The van der Waals surface area contributed by atoms with Gasteiger partial charge in [0.25, 0.3) is 0 Å². The smallest absolute Gasteiger partial charge is 0.136 e. The third-order valence-electron chi connectivity index (χ3n) is 4.14. The first-order valence-corrected chi connectivity index (χ1v) is 8.44. The van der Waals surface area contributed by atoms with Crippen LogP contribution in [0.25, 0.3) is 0 Å². The molecule has 4 nitrogen and oxygen atoms in total. The molecule has 3 rings (SSSR count). The van der Waals surface area contributed by atoms with E-state index in [1.165, 1.54) is 11.1 Å². The van der Waals surface area contributed by atoms with Crippen molar-refractivity contribution in [1.82, 2.24) is 9.97 Å². The van der Waals surface area contributed by atoms with Gasteiger partial charge >= 0.3 is 0 Å². The van der Waals surface area contributed by atoms with Crippen LogP contribution in [0.4, 0.5) is 5.82 Å². The summed E-state index contributed by atoms with van der Waals surface area (Å²) in [4.78, 5) is 10.8. The minimum atomic E-state index is 0.886. The van der Waals surface area contributed by atoms with E-state index in [-0.39, 0.29) is 0 Å². The number of nitrogens with zero attached hydrogens (tertiary/aromatic N) is 3. The fourth-order valence-corrected chi connectivity index (χ4v) is 2.68. The van der Waals surface area contributed by atoms with Crippen molar-refractivity contribution >= 4 is 5.82 Å². The van der Waals surface area contributed by atoms with Gasteiger partial charge < -0.3 is 9.64 Å². The lowest BCUT2D eigenvalue weighted by molar-refractivity contribution is 0.414. The van der Waals surface area contributed by atoms with E-state index in [2.05, 4.69) is 45.2 Å². The Labute approximate surface area is 149 Å². The van der Waals surface area contributed by atoms with Gasteiger partial charge in [0.15, 0.2) is 0 Å². The van der Waals surface area contributed by atoms with E-state index < -0.39 is 0 Å². The van der Waals surface area contributed by atoms with Crippen LogP contribution in [-0.4, -0.2) is 30.2 Å². The maximum absolute atomic E-state index is 5.22. The predicted octanol–water partition coefficient (Wildman–Crippen LogP) is 3.58. The van der Waals surface area contributed by atoms with Crippen LogP contribution in [-0.2, 0) is 12.8 Å². The maximum atomic E-state index is 5.22. The summed E-state index contributed by atoms with van der Waals surface area (Å²) in [5.74, 6) is 1.78. The molecule has 0 saturated carbocycles.